The fourth-order valence-corrected chi connectivity index (χ4v) is 7.72. The number of carbonyl (C=O) groups excluding carboxylic acids is 1. The molecule has 0 aromatic rings. The Labute approximate surface area is 366 Å². The summed E-state index contributed by atoms with van der Waals surface area (Å²) in [5.74, 6) is -0.227. The second-order valence-corrected chi connectivity index (χ2v) is 16.9. The van der Waals surface area contributed by atoms with Crippen molar-refractivity contribution >= 4 is 5.91 Å². The topological polar surface area (TPSA) is 228 Å². The summed E-state index contributed by atoms with van der Waals surface area (Å²) < 4.78 is 22.7. The first-order chi connectivity index (χ1) is 29.6. The molecule has 0 bridgehead atoms. The second kappa shape index (κ2) is 34.6. The van der Waals surface area contributed by atoms with Crippen LogP contribution in [0.1, 0.15) is 162 Å². The molecule has 0 aromatic carbocycles. The number of aliphatic hydroxyl groups excluding tert-OH is 8. The Balaban J connectivity index is 1.87. The highest BCUT2D eigenvalue weighted by Gasteiger charge is 2.51. The number of allylic oxidation sites excluding steroid dienone is 6. The molecule has 14 nitrogen and oxygen atoms in total. The molecular formula is C47H85NO13. The van der Waals surface area contributed by atoms with Gasteiger partial charge in [0, 0.05) is 6.42 Å². The van der Waals surface area contributed by atoms with E-state index in [1.54, 1.807) is 0 Å². The molecule has 2 fully saturated rings. The first kappa shape index (κ1) is 55.3. The van der Waals surface area contributed by atoms with Crippen molar-refractivity contribution in [3.05, 3.63) is 36.5 Å². The van der Waals surface area contributed by atoms with E-state index in [1.165, 1.54) is 51.4 Å². The standard InChI is InChI=1S/C47H85NO13/c1-3-5-7-9-11-13-15-17-18-19-21-23-25-27-29-31-39(52)48-35(36(51)30-28-26-24-22-20-16-14-12-10-8-6-4-2)34-58-46-44(57)42(55)45(38(33-50)60-46)61-47-43(56)41(54)40(53)37(32-49)59-47/h5,7,11,13,17-18,35-38,40-47,49-51,53-57H,3-4,6,8-10,12,14-16,19-34H2,1-2H3,(H,48,52)/b7-5-,13-11-,18-17-. The number of nitrogens with one attached hydrogen (secondary N) is 1. The van der Waals surface area contributed by atoms with Crippen LogP contribution in [0.15, 0.2) is 36.5 Å². The molecule has 14 heteroatoms. The van der Waals surface area contributed by atoms with Gasteiger partial charge in [0.25, 0.3) is 0 Å². The van der Waals surface area contributed by atoms with E-state index in [2.05, 4.69) is 55.6 Å². The fraction of sp³-hybridized carbons (Fsp3) is 0.851. The zero-order chi connectivity index (χ0) is 44.7. The van der Waals surface area contributed by atoms with E-state index in [-0.39, 0.29) is 18.9 Å². The number of unbranched alkanes of at least 4 members (excludes halogenated alkanes) is 16. The Hall–Kier alpha value is -1.79. The highest BCUT2D eigenvalue weighted by Crippen LogP contribution is 2.30. The number of aliphatic hydroxyl groups is 8. The Bertz CT molecular complexity index is 1170. The van der Waals surface area contributed by atoms with Crippen LogP contribution < -0.4 is 5.32 Å². The molecule has 0 aromatic heterocycles. The van der Waals surface area contributed by atoms with Crippen molar-refractivity contribution in [2.75, 3.05) is 19.8 Å². The third kappa shape index (κ3) is 22.6. The fourth-order valence-electron chi connectivity index (χ4n) is 7.72. The largest absolute Gasteiger partial charge is 0.394 e. The van der Waals surface area contributed by atoms with Crippen molar-refractivity contribution < 1.29 is 64.6 Å². The normalized spacial score (nSPS) is 28.3. The molecular weight excluding hydrogens is 787 g/mol. The van der Waals surface area contributed by atoms with Gasteiger partial charge in [0.1, 0.15) is 48.8 Å². The van der Waals surface area contributed by atoms with Gasteiger partial charge >= 0.3 is 0 Å². The van der Waals surface area contributed by atoms with Crippen molar-refractivity contribution in [3.63, 3.8) is 0 Å². The number of ether oxygens (including phenoxy) is 4. The molecule has 2 saturated heterocycles. The summed E-state index contributed by atoms with van der Waals surface area (Å²) in [5.41, 5.74) is 0. The lowest BCUT2D eigenvalue weighted by Crippen LogP contribution is -2.65. The lowest BCUT2D eigenvalue weighted by Gasteiger charge is -2.46. The Morgan fingerprint density at radius 1 is 0.607 bits per heavy atom. The molecule has 12 atom stereocenters. The number of hydrogen-bond donors (Lipinski definition) is 9. The summed E-state index contributed by atoms with van der Waals surface area (Å²) in [5, 5.41) is 86.7. The second-order valence-electron chi connectivity index (χ2n) is 16.9. The van der Waals surface area contributed by atoms with Gasteiger partial charge in [0.2, 0.25) is 5.91 Å². The molecule has 1 amide bonds. The van der Waals surface area contributed by atoms with Crippen molar-refractivity contribution in [1.82, 2.24) is 5.32 Å². The molecule has 0 spiro atoms. The zero-order valence-electron chi connectivity index (χ0n) is 37.4. The maximum atomic E-state index is 13.1. The SMILES string of the molecule is CC/C=C\C/C=C\C/C=C\CCCCCCCC(=O)NC(COC1OC(CO)C(OC2OC(CO)C(O)C(O)C2O)C(O)C1O)C(O)CCCCCCCCCCCCCC. The van der Waals surface area contributed by atoms with Gasteiger partial charge in [0.05, 0.1) is 32.0 Å². The van der Waals surface area contributed by atoms with Crippen LogP contribution >= 0.6 is 0 Å². The minimum atomic E-state index is -1.78. The average molecular weight is 872 g/mol. The summed E-state index contributed by atoms with van der Waals surface area (Å²) in [6, 6.07) is -0.835. The number of hydrogen-bond acceptors (Lipinski definition) is 13. The van der Waals surface area contributed by atoms with Crippen LogP contribution in [-0.2, 0) is 23.7 Å². The quantitative estimate of drug-likeness (QED) is 0.0297. The van der Waals surface area contributed by atoms with Crippen molar-refractivity contribution in [1.29, 1.82) is 0 Å². The van der Waals surface area contributed by atoms with Gasteiger partial charge in [-0.1, -0.05) is 147 Å². The predicted octanol–water partition coefficient (Wildman–Crippen LogP) is 5.15. The van der Waals surface area contributed by atoms with Gasteiger partial charge in [0.15, 0.2) is 12.6 Å². The monoisotopic (exact) mass is 872 g/mol. The molecule has 0 saturated carbocycles. The van der Waals surface area contributed by atoms with E-state index in [0.717, 1.165) is 77.0 Å². The van der Waals surface area contributed by atoms with E-state index in [4.69, 9.17) is 18.9 Å². The molecule has 9 N–H and O–H groups in total. The molecule has 61 heavy (non-hydrogen) atoms. The molecule has 2 heterocycles. The summed E-state index contributed by atoms with van der Waals surface area (Å²) in [6.45, 7) is 2.69. The molecule has 2 aliphatic rings. The van der Waals surface area contributed by atoms with Crippen LogP contribution in [0.2, 0.25) is 0 Å². The molecule has 356 valence electrons. The van der Waals surface area contributed by atoms with Crippen LogP contribution in [0.4, 0.5) is 0 Å². The third-order valence-electron chi connectivity index (χ3n) is 11.6. The van der Waals surface area contributed by atoms with Crippen molar-refractivity contribution in [2.24, 2.45) is 0 Å². The van der Waals surface area contributed by atoms with Gasteiger partial charge in [-0.3, -0.25) is 4.79 Å². The number of carbonyl (C=O) groups is 1. The van der Waals surface area contributed by atoms with Crippen LogP contribution in [0.3, 0.4) is 0 Å². The van der Waals surface area contributed by atoms with E-state index >= 15 is 0 Å². The minimum absolute atomic E-state index is 0.227. The van der Waals surface area contributed by atoms with Crippen molar-refractivity contribution in [3.8, 4) is 0 Å². The van der Waals surface area contributed by atoms with E-state index in [9.17, 15) is 45.6 Å². The van der Waals surface area contributed by atoms with E-state index in [0.29, 0.717) is 12.8 Å². The molecule has 0 radical (unpaired) electrons. The highest BCUT2D eigenvalue weighted by atomic mass is 16.7. The van der Waals surface area contributed by atoms with Gasteiger partial charge < -0.3 is 65.1 Å². The van der Waals surface area contributed by atoms with Crippen LogP contribution in [-0.4, -0.2) is 140 Å². The summed E-state index contributed by atoms with van der Waals surface area (Å²) in [6.07, 6.45) is 20.1. The Morgan fingerprint density at radius 2 is 1.13 bits per heavy atom. The van der Waals surface area contributed by atoms with Gasteiger partial charge in [-0.15, -0.1) is 0 Å². The van der Waals surface area contributed by atoms with Crippen molar-refractivity contribution in [2.45, 2.75) is 235 Å². The number of rotatable bonds is 35. The maximum Gasteiger partial charge on any atom is 0.220 e. The first-order valence-electron chi connectivity index (χ1n) is 23.7. The molecule has 0 aliphatic carbocycles. The summed E-state index contributed by atoms with van der Waals surface area (Å²) in [7, 11) is 0. The van der Waals surface area contributed by atoms with Gasteiger partial charge in [-0.25, -0.2) is 0 Å². The minimum Gasteiger partial charge on any atom is -0.394 e. The molecule has 2 rings (SSSR count). The van der Waals surface area contributed by atoms with Crippen LogP contribution in [0.5, 0.6) is 0 Å². The predicted molar refractivity (Wildman–Crippen MR) is 235 cm³/mol. The first-order valence-corrected chi connectivity index (χ1v) is 23.7. The van der Waals surface area contributed by atoms with Crippen LogP contribution in [0, 0.1) is 0 Å². The third-order valence-corrected chi connectivity index (χ3v) is 11.6. The smallest absolute Gasteiger partial charge is 0.220 e. The summed E-state index contributed by atoms with van der Waals surface area (Å²) >= 11 is 0. The molecule has 12 unspecified atom stereocenters. The maximum absolute atomic E-state index is 13.1. The van der Waals surface area contributed by atoms with Crippen LogP contribution in [0.25, 0.3) is 0 Å². The molecule has 2 aliphatic heterocycles. The lowest BCUT2D eigenvalue weighted by atomic mass is 9.97. The van der Waals surface area contributed by atoms with Gasteiger partial charge in [-0.2, -0.15) is 0 Å². The lowest BCUT2D eigenvalue weighted by molar-refractivity contribution is -0.359. The zero-order valence-corrected chi connectivity index (χ0v) is 37.4. The number of amides is 1. The highest BCUT2D eigenvalue weighted by molar-refractivity contribution is 5.76. The Morgan fingerprint density at radius 3 is 1.74 bits per heavy atom. The van der Waals surface area contributed by atoms with E-state index < -0.39 is 86.8 Å². The van der Waals surface area contributed by atoms with Gasteiger partial charge in [-0.05, 0) is 44.9 Å². The van der Waals surface area contributed by atoms with E-state index in [1.807, 2.05) is 0 Å². The Kier molecular flexibility index (Phi) is 31.4. The summed E-state index contributed by atoms with van der Waals surface area (Å²) in [4.78, 5) is 13.1. The average Bonchev–Trinajstić information content (AvgIpc) is 3.26.